The first-order chi connectivity index (χ1) is 9.00. The van der Waals surface area contributed by atoms with Crippen LogP contribution in [0.25, 0.3) is 0 Å². The van der Waals surface area contributed by atoms with E-state index in [1.165, 1.54) is 12.1 Å². The molecule has 0 spiro atoms. The molecule has 2 rings (SSSR count). The molecule has 0 saturated carbocycles. The van der Waals surface area contributed by atoms with Crippen molar-refractivity contribution in [2.75, 3.05) is 18.0 Å². The minimum atomic E-state index is -1.04. The average Bonchev–Trinajstić information content (AvgIpc) is 2.43. The molecular weight excluding hydrogens is 246 g/mol. The Balaban J connectivity index is 2.21. The Morgan fingerprint density at radius 1 is 1.26 bits per heavy atom. The first-order valence-electron chi connectivity index (χ1n) is 6.64. The number of hydrogen-bond donors (Lipinski definition) is 0. The van der Waals surface area contributed by atoms with E-state index in [2.05, 4.69) is 13.8 Å². The van der Waals surface area contributed by atoms with Gasteiger partial charge in [0.05, 0.1) is 11.3 Å². The summed E-state index contributed by atoms with van der Waals surface area (Å²) in [6.45, 7) is 5.86. The van der Waals surface area contributed by atoms with Crippen LogP contribution in [0, 0.1) is 28.4 Å². The van der Waals surface area contributed by atoms with Gasteiger partial charge in [-0.15, -0.1) is 0 Å². The Morgan fingerprint density at radius 2 is 1.89 bits per heavy atom. The van der Waals surface area contributed by atoms with Crippen molar-refractivity contribution in [2.45, 2.75) is 33.1 Å². The smallest absolute Gasteiger partial charge is 0.183 e. The van der Waals surface area contributed by atoms with Gasteiger partial charge in [-0.05, 0) is 30.4 Å². The van der Waals surface area contributed by atoms with Gasteiger partial charge in [0.15, 0.2) is 11.6 Å². The van der Waals surface area contributed by atoms with Crippen molar-refractivity contribution in [3.8, 4) is 6.07 Å². The SMILES string of the molecule is CCC1(C)CCN(c2ccc(C#N)c(F)c2F)CC1. The lowest BCUT2D eigenvalue weighted by atomic mass is 9.78. The van der Waals surface area contributed by atoms with E-state index in [1.54, 1.807) is 6.07 Å². The number of rotatable bonds is 2. The average molecular weight is 264 g/mol. The van der Waals surface area contributed by atoms with E-state index in [0.29, 0.717) is 5.41 Å². The molecular formula is C15H18F2N2. The van der Waals surface area contributed by atoms with Crippen molar-refractivity contribution in [1.82, 2.24) is 0 Å². The van der Waals surface area contributed by atoms with Crippen LogP contribution in [0.3, 0.4) is 0 Å². The van der Waals surface area contributed by atoms with Crippen LogP contribution >= 0.6 is 0 Å². The predicted molar refractivity (Wildman–Crippen MR) is 70.9 cm³/mol. The van der Waals surface area contributed by atoms with Gasteiger partial charge in [0, 0.05) is 13.1 Å². The fourth-order valence-corrected chi connectivity index (χ4v) is 2.51. The highest BCUT2D eigenvalue weighted by molar-refractivity contribution is 5.52. The van der Waals surface area contributed by atoms with Crippen molar-refractivity contribution < 1.29 is 8.78 Å². The summed E-state index contributed by atoms with van der Waals surface area (Å²) in [5, 5.41) is 8.67. The third kappa shape index (κ3) is 2.56. The highest BCUT2D eigenvalue weighted by Crippen LogP contribution is 2.36. The Labute approximate surface area is 112 Å². The standard InChI is InChI=1S/C15H18F2N2/c1-3-15(2)6-8-19(9-7-15)12-5-4-11(10-18)13(16)14(12)17/h4-5H,3,6-9H2,1-2H3. The topological polar surface area (TPSA) is 27.0 Å². The number of nitrogens with zero attached hydrogens (tertiary/aromatic N) is 2. The fraction of sp³-hybridized carbons (Fsp3) is 0.533. The molecule has 1 aliphatic heterocycles. The van der Waals surface area contributed by atoms with Crippen LogP contribution in [0.15, 0.2) is 12.1 Å². The molecule has 1 saturated heterocycles. The number of anilines is 1. The second-order valence-corrected chi connectivity index (χ2v) is 5.52. The van der Waals surface area contributed by atoms with Gasteiger partial charge in [-0.1, -0.05) is 20.3 Å². The van der Waals surface area contributed by atoms with Crippen LogP contribution in [-0.2, 0) is 0 Å². The molecule has 1 heterocycles. The van der Waals surface area contributed by atoms with Crippen LogP contribution in [0.2, 0.25) is 0 Å². The lowest BCUT2D eigenvalue weighted by molar-refractivity contribution is 0.237. The molecule has 0 unspecified atom stereocenters. The second-order valence-electron chi connectivity index (χ2n) is 5.52. The van der Waals surface area contributed by atoms with Crippen molar-refractivity contribution in [1.29, 1.82) is 5.26 Å². The van der Waals surface area contributed by atoms with Gasteiger partial charge < -0.3 is 4.90 Å². The molecule has 1 aliphatic rings. The van der Waals surface area contributed by atoms with Crippen LogP contribution in [-0.4, -0.2) is 13.1 Å². The highest BCUT2D eigenvalue weighted by Gasteiger charge is 2.30. The molecule has 4 heteroatoms. The quantitative estimate of drug-likeness (QED) is 0.811. The summed E-state index contributed by atoms with van der Waals surface area (Å²) in [5.74, 6) is -1.94. The number of benzene rings is 1. The third-order valence-corrected chi connectivity index (χ3v) is 4.35. The van der Waals surface area contributed by atoms with Crippen LogP contribution in [0.1, 0.15) is 38.7 Å². The van der Waals surface area contributed by atoms with E-state index in [-0.39, 0.29) is 11.3 Å². The Bertz CT molecular complexity index is 512. The molecule has 1 aromatic carbocycles. The van der Waals surface area contributed by atoms with Gasteiger partial charge in [0.25, 0.3) is 0 Å². The van der Waals surface area contributed by atoms with Crippen molar-refractivity contribution in [3.05, 3.63) is 29.3 Å². The summed E-state index contributed by atoms with van der Waals surface area (Å²) in [6, 6.07) is 4.51. The molecule has 0 amide bonds. The predicted octanol–water partition coefficient (Wildman–Crippen LogP) is 3.85. The second kappa shape index (κ2) is 5.16. The fourth-order valence-electron chi connectivity index (χ4n) is 2.51. The van der Waals surface area contributed by atoms with E-state index in [9.17, 15) is 8.78 Å². The van der Waals surface area contributed by atoms with E-state index < -0.39 is 11.6 Å². The van der Waals surface area contributed by atoms with Gasteiger partial charge in [-0.25, -0.2) is 8.78 Å². The summed E-state index contributed by atoms with van der Waals surface area (Å²) in [7, 11) is 0. The maximum atomic E-state index is 13.9. The maximum Gasteiger partial charge on any atom is 0.183 e. The summed E-state index contributed by atoms with van der Waals surface area (Å²) >= 11 is 0. The monoisotopic (exact) mass is 264 g/mol. The zero-order valence-electron chi connectivity index (χ0n) is 11.3. The normalized spacial score (nSPS) is 18.2. The van der Waals surface area contributed by atoms with Gasteiger partial charge in [-0.2, -0.15) is 5.26 Å². The van der Waals surface area contributed by atoms with Gasteiger partial charge in [-0.3, -0.25) is 0 Å². The lowest BCUT2D eigenvalue weighted by Crippen LogP contribution is -2.39. The molecule has 102 valence electrons. The van der Waals surface area contributed by atoms with Gasteiger partial charge in [0.1, 0.15) is 6.07 Å². The van der Waals surface area contributed by atoms with Crippen molar-refractivity contribution in [2.24, 2.45) is 5.41 Å². The molecule has 1 fully saturated rings. The third-order valence-electron chi connectivity index (χ3n) is 4.35. The Kier molecular flexibility index (Phi) is 3.75. The van der Waals surface area contributed by atoms with Gasteiger partial charge in [0.2, 0.25) is 0 Å². The first kappa shape index (κ1) is 13.8. The van der Waals surface area contributed by atoms with Gasteiger partial charge >= 0.3 is 0 Å². The highest BCUT2D eigenvalue weighted by atomic mass is 19.2. The Morgan fingerprint density at radius 3 is 2.42 bits per heavy atom. The summed E-state index contributed by atoms with van der Waals surface area (Å²) in [4.78, 5) is 1.87. The lowest BCUT2D eigenvalue weighted by Gasteiger charge is -2.40. The minimum absolute atomic E-state index is 0.239. The minimum Gasteiger partial charge on any atom is -0.369 e. The number of hydrogen-bond acceptors (Lipinski definition) is 2. The number of halogens is 2. The molecule has 0 bridgehead atoms. The zero-order chi connectivity index (χ0) is 14.0. The number of nitriles is 1. The molecule has 0 atom stereocenters. The summed E-state index contributed by atoms with van der Waals surface area (Å²) in [6.07, 6.45) is 3.06. The Hall–Kier alpha value is -1.63. The first-order valence-corrected chi connectivity index (χ1v) is 6.64. The van der Waals surface area contributed by atoms with E-state index in [1.807, 2.05) is 4.90 Å². The van der Waals surface area contributed by atoms with E-state index >= 15 is 0 Å². The van der Waals surface area contributed by atoms with Crippen LogP contribution in [0.4, 0.5) is 14.5 Å². The molecule has 1 aromatic rings. The number of piperidine rings is 1. The maximum absolute atomic E-state index is 13.9. The van der Waals surface area contributed by atoms with Crippen LogP contribution in [0.5, 0.6) is 0 Å². The van der Waals surface area contributed by atoms with E-state index in [0.717, 1.165) is 32.4 Å². The van der Waals surface area contributed by atoms with Crippen molar-refractivity contribution in [3.63, 3.8) is 0 Å². The van der Waals surface area contributed by atoms with Crippen LogP contribution < -0.4 is 4.90 Å². The summed E-state index contributed by atoms with van der Waals surface area (Å²) in [5.41, 5.74) is 0.337. The molecule has 0 N–H and O–H groups in total. The molecule has 2 nitrogen and oxygen atoms in total. The molecule has 0 radical (unpaired) electrons. The zero-order valence-corrected chi connectivity index (χ0v) is 11.3. The van der Waals surface area contributed by atoms with Crippen molar-refractivity contribution >= 4 is 5.69 Å². The molecule has 0 aliphatic carbocycles. The largest absolute Gasteiger partial charge is 0.369 e. The molecule has 0 aromatic heterocycles. The van der Waals surface area contributed by atoms with E-state index in [4.69, 9.17) is 5.26 Å². The summed E-state index contributed by atoms with van der Waals surface area (Å²) < 4.78 is 27.6. The molecule has 19 heavy (non-hydrogen) atoms.